The Balaban J connectivity index is 3.18. The highest BCUT2D eigenvalue weighted by atomic mass is 28.2. The van der Waals surface area contributed by atoms with Crippen molar-refractivity contribution in [3.05, 3.63) is 0 Å². The van der Waals surface area contributed by atoms with Crippen LogP contribution in [0.1, 0.15) is 85.0 Å². The van der Waals surface area contributed by atoms with Crippen molar-refractivity contribution >= 4 is 9.52 Å². The van der Waals surface area contributed by atoms with E-state index in [1.807, 2.05) is 13.8 Å². The van der Waals surface area contributed by atoms with Gasteiger partial charge in [0, 0.05) is 13.2 Å². The van der Waals surface area contributed by atoms with Crippen LogP contribution < -0.4 is 0 Å². The van der Waals surface area contributed by atoms with Crippen molar-refractivity contribution in [1.82, 2.24) is 0 Å². The molecule has 0 fully saturated rings. The molecule has 0 aromatic rings. The van der Waals surface area contributed by atoms with Gasteiger partial charge in [-0.1, -0.05) is 77.2 Å². The van der Waals surface area contributed by atoms with E-state index in [4.69, 9.17) is 9.47 Å². The van der Waals surface area contributed by atoms with E-state index in [2.05, 4.69) is 6.92 Å². The molecule has 0 N–H and O–H groups in total. The smallest absolute Gasteiger partial charge is 0.137 e. The molecule has 0 bridgehead atoms. The van der Waals surface area contributed by atoms with Crippen LogP contribution in [-0.2, 0) is 9.47 Å². The molecule has 0 aliphatic rings. The van der Waals surface area contributed by atoms with Crippen LogP contribution in [0, 0.1) is 0 Å². The van der Waals surface area contributed by atoms with Crippen molar-refractivity contribution in [3.63, 3.8) is 0 Å². The summed E-state index contributed by atoms with van der Waals surface area (Å²) in [6, 6.07) is 1.27. The first-order valence-corrected chi connectivity index (χ1v) is 10.1. The Morgan fingerprint density at radius 1 is 0.650 bits per heavy atom. The van der Waals surface area contributed by atoms with E-state index in [0.29, 0.717) is 0 Å². The molecule has 0 saturated heterocycles. The van der Waals surface area contributed by atoms with Crippen molar-refractivity contribution in [3.8, 4) is 0 Å². The fourth-order valence-electron chi connectivity index (χ4n) is 2.30. The molecule has 0 rings (SSSR count). The first-order valence-electron chi connectivity index (χ1n) is 8.81. The van der Waals surface area contributed by atoms with Gasteiger partial charge in [-0.15, -0.1) is 0 Å². The average molecular weight is 301 g/mol. The molecular weight excluding hydrogens is 264 g/mol. The molecule has 0 heterocycles. The summed E-state index contributed by atoms with van der Waals surface area (Å²) >= 11 is 0. The topological polar surface area (TPSA) is 18.5 Å². The lowest BCUT2D eigenvalue weighted by molar-refractivity contribution is -0.0827. The van der Waals surface area contributed by atoms with Gasteiger partial charge in [0.15, 0.2) is 0 Å². The Morgan fingerprint density at radius 2 is 1.10 bits per heavy atom. The summed E-state index contributed by atoms with van der Waals surface area (Å²) in [6.45, 7) is 7.88. The predicted molar refractivity (Wildman–Crippen MR) is 89.4 cm³/mol. The summed E-state index contributed by atoms with van der Waals surface area (Å²) in [7, 11) is 0.804. The lowest BCUT2D eigenvalue weighted by Gasteiger charge is -2.15. The second-order valence-electron chi connectivity index (χ2n) is 5.38. The highest BCUT2D eigenvalue weighted by Crippen LogP contribution is 2.11. The molecule has 2 radical (unpaired) electrons. The first kappa shape index (κ1) is 20.1. The van der Waals surface area contributed by atoms with Gasteiger partial charge < -0.3 is 9.47 Å². The van der Waals surface area contributed by atoms with Crippen molar-refractivity contribution in [2.45, 2.75) is 96.9 Å². The van der Waals surface area contributed by atoms with Crippen molar-refractivity contribution < 1.29 is 9.47 Å². The Hall–Kier alpha value is 0.137. The molecule has 2 nitrogen and oxygen atoms in total. The summed E-state index contributed by atoms with van der Waals surface area (Å²) in [5.41, 5.74) is 0. The van der Waals surface area contributed by atoms with Gasteiger partial charge in [0.1, 0.15) is 15.4 Å². The maximum atomic E-state index is 5.56. The number of rotatable bonds is 16. The van der Waals surface area contributed by atoms with Crippen LogP contribution in [0.4, 0.5) is 0 Å². The highest BCUT2D eigenvalue weighted by molar-refractivity contribution is 6.36. The zero-order chi connectivity index (χ0) is 14.9. The van der Waals surface area contributed by atoms with Gasteiger partial charge in [0.05, 0.1) is 0 Å². The Morgan fingerprint density at radius 3 is 1.55 bits per heavy atom. The minimum atomic E-state index is 0.0589. The monoisotopic (exact) mass is 300 g/mol. The quantitative estimate of drug-likeness (QED) is 0.216. The summed E-state index contributed by atoms with van der Waals surface area (Å²) < 4.78 is 11.1. The maximum Gasteiger partial charge on any atom is 0.137 e. The molecule has 0 aromatic carbocycles. The van der Waals surface area contributed by atoms with Crippen LogP contribution in [0.3, 0.4) is 0 Å². The van der Waals surface area contributed by atoms with Gasteiger partial charge in [-0.05, 0) is 13.8 Å². The number of hydrogen-bond donors (Lipinski definition) is 0. The predicted octanol–water partition coefficient (Wildman–Crippen LogP) is 5.39. The first-order chi connectivity index (χ1) is 9.85. The van der Waals surface area contributed by atoms with E-state index < -0.39 is 0 Å². The lowest BCUT2D eigenvalue weighted by atomic mass is 10.1. The lowest BCUT2D eigenvalue weighted by Crippen LogP contribution is -2.24. The van der Waals surface area contributed by atoms with Gasteiger partial charge in [0.2, 0.25) is 0 Å². The fraction of sp³-hybridized carbons (Fsp3) is 1.00. The molecule has 0 saturated carbocycles. The molecule has 0 spiro atoms. The zero-order valence-corrected chi connectivity index (χ0v) is 15.1. The van der Waals surface area contributed by atoms with Gasteiger partial charge >= 0.3 is 0 Å². The third-order valence-corrected chi connectivity index (χ3v) is 4.79. The molecule has 0 unspecified atom stereocenters. The SMILES string of the molecule is CCCCCCCCCCCC[Si]C(OCC)OCC. The molecule has 0 aliphatic carbocycles. The van der Waals surface area contributed by atoms with E-state index in [-0.39, 0.29) is 5.91 Å². The largest absolute Gasteiger partial charge is 0.357 e. The molecule has 0 amide bonds. The molecule has 0 atom stereocenters. The van der Waals surface area contributed by atoms with Crippen LogP contribution >= 0.6 is 0 Å². The molecule has 20 heavy (non-hydrogen) atoms. The van der Waals surface area contributed by atoms with E-state index in [1.165, 1.54) is 70.3 Å². The Labute approximate surface area is 129 Å². The zero-order valence-electron chi connectivity index (χ0n) is 14.1. The van der Waals surface area contributed by atoms with E-state index in [9.17, 15) is 0 Å². The van der Waals surface area contributed by atoms with Gasteiger partial charge in [-0.2, -0.15) is 0 Å². The Bertz CT molecular complexity index is 170. The van der Waals surface area contributed by atoms with Crippen LogP contribution in [0.5, 0.6) is 0 Å². The standard InChI is InChI=1S/C17H36O2Si/c1-4-7-8-9-10-11-12-13-14-15-16-20-17(18-5-2)19-6-3/h17H,4-16H2,1-3H3. The van der Waals surface area contributed by atoms with Gasteiger partial charge in [0.25, 0.3) is 0 Å². The molecular formula is C17H36O2Si. The third-order valence-electron chi connectivity index (χ3n) is 3.48. The van der Waals surface area contributed by atoms with E-state index in [0.717, 1.165) is 22.7 Å². The van der Waals surface area contributed by atoms with Crippen LogP contribution in [-0.4, -0.2) is 28.6 Å². The third kappa shape index (κ3) is 14.5. The molecule has 120 valence electrons. The van der Waals surface area contributed by atoms with Gasteiger partial charge in [-0.25, -0.2) is 0 Å². The van der Waals surface area contributed by atoms with Gasteiger partial charge in [-0.3, -0.25) is 0 Å². The van der Waals surface area contributed by atoms with Crippen LogP contribution in [0.25, 0.3) is 0 Å². The normalized spacial score (nSPS) is 11.4. The molecule has 3 heteroatoms. The van der Waals surface area contributed by atoms with E-state index in [1.54, 1.807) is 0 Å². The second-order valence-corrected chi connectivity index (χ2v) is 6.76. The van der Waals surface area contributed by atoms with E-state index >= 15 is 0 Å². The summed E-state index contributed by atoms with van der Waals surface area (Å²) in [5.74, 6) is 0.0589. The second kappa shape index (κ2) is 17.2. The highest BCUT2D eigenvalue weighted by Gasteiger charge is 2.07. The number of unbranched alkanes of at least 4 members (excludes halogenated alkanes) is 9. The minimum Gasteiger partial charge on any atom is -0.357 e. The van der Waals surface area contributed by atoms with Crippen molar-refractivity contribution in [2.24, 2.45) is 0 Å². The Kier molecular flexibility index (Phi) is 17.3. The maximum absolute atomic E-state index is 5.56. The molecule has 0 aromatic heterocycles. The number of ether oxygens (including phenoxy) is 2. The summed E-state index contributed by atoms with van der Waals surface area (Å²) in [5, 5.41) is 0. The average Bonchev–Trinajstić information content (AvgIpc) is 2.45. The summed E-state index contributed by atoms with van der Waals surface area (Å²) in [4.78, 5) is 0. The molecule has 0 aliphatic heterocycles. The van der Waals surface area contributed by atoms with Crippen molar-refractivity contribution in [2.75, 3.05) is 13.2 Å². The van der Waals surface area contributed by atoms with Crippen LogP contribution in [0.15, 0.2) is 0 Å². The number of hydrogen-bond acceptors (Lipinski definition) is 2. The van der Waals surface area contributed by atoms with Crippen LogP contribution in [0.2, 0.25) is 6.04 Å². The minimum absolute atomic E-state index is 0.0589. The fourth-order valence-corrected chi connectivity index (χ4v) is 3.56. The summed E-state index contributed by atoms with van der Waals surface area (Å²) in [6.07, 6.45) is 14.1. The van der Waals surface area contributed by atoms with Crippen molar-refractivity contribution in [1.29, 1.82) is 0 Å².